The zero-order valence-corrected chi connectivity index (χ0v) is 15.5. The lowest BCUT2D eigenvalue weighted by atomic mass is 10.1. The summed E-state index contributed by atoms with van der Waals surface area (Å²) in [6.07, 6.45) is 0.662. The van der Waals surface area contributed by atoms with Crippen molar-refractivity contribution in [3.8, 4) is 5.75 Å². The van der Waals surface area contributed by atoms with Gasteiger partial charge in [0, 0.05) is 12.1 Å². The van der Waals surface area contributed by atoms with Crippen LogP contribution in [0.5, 0.6) is 5.75 Å². The Kier molecular flexibility index (Phi) is 5.80. The summed E-state index contributed by atoms with van der Waals surface area (Å²) in [5, 5.41) is 7.90. The third-order valence-electron chi connectivity index (χ3n) is 3.68. The summed E-state index contributed by atoms with van der Waals surface area (Å²) in [6.45, 7) is 2.00. The van der Waals surface area contributed by atoms with Gasteiger partial charge in [0.15, 0.2) is 5.13 Å². The molecule has 0 aliphatic carbocycles. The maximum Gasteiger partial charge on any atom is 0.259 e. The summed E-state index contributed by atoms with van der Waals surface area (Å²) in [6, 6.07) is 15.6. The molecule has 0 radical (unpaired) electrons. The summed E-state index contributed by atoms with van der Waals surface area (Å²) >= 11 is 1.52. The molecule has 6 nitrogen and oxygen atoms in total. The highest BCUT2D eigenvalue weighted by molar-refractivity contribution is 7.22. The van der Waals surface area contributed by atoms with Gasteiger partial charge in [-0.05, 0) is 36.8 Å². The Bertz CT molecular complexity index is 886. The van der Waals surface area contributed by atoms with Crippen molar-refractivity contribution in [3.63, 3.8) is 0 Å². The van der Waals surface area contributed by atoms with Crippen LogP contribution in [0, 0.1) is 0 Å². The molecule has 1 amide bonds. The molecule has 1 heterocycles. The molecule has 0 spiro atoms. The van der Waals surface area contributed by atoms with Crippen LogP contribution in [0.2, 0.25) is 0 Å². The number of amides is 1. The summed E-state index contributed by atoms with van der Waals surface area (Å²) in [7, 11) is 1.64. The molecular weight excluding hydrogens is 348 g/mol. The van der Waals surface area contributed by atoms with E-state index in [0.717, 1.165) is 32.4 Å². The molecule has 0 aliphatic rings. The number of benzene rings is 2. The van der Waals surface area contributed by atoms with Gasteiger partial charge in [-0.15, -0.1) is 0 Å². The Labute approximate surface area is 155 Å². The van der Waals surface area contributed by atoms with Gasteiger partial charge in [0.05, 0.1) is 23.9 Å². The van der Waals surface area contributed by atoms with E-state index in [2.05, 4.69) is 20.8 Å². The van der Waals surface area contributed by atoms with Gasteiger partial charge >= 0.3 is 0 Å². The minimum absolute atomic E-state index is 0.124. The third-order valence-corrected chi connectivity index (χ3v) is 4.68. The number of rotatable bonds is 7. The maximum absolute atomic E-state index is 12.0. The first-order valence-corrected chi connectivity index (χ1v) is 9.00. The Morgan fingerprint density at radius 2 is 1.96 bits per heavy atom. The maximum atomic E-state index is 12.0. The predicted octanol–water partition coefficient (Wildman–Crippen LogP) is 3.45. The zero-order chi connectivity index (χ0) is 18.4. The Morgan fingerprint density at radius 1 is 1.19 bits per heavy atom. The van der Waals surface area contributed by atoms with E-state index in [1.807, 2.05) is 55.5 Å². The van der Waals surface area contributed by atoms with Crippen molar-refractivity contribution in [2.45, 2.75) is 13.3 Å². The van der Waals surface area contributed by atoms with E-state index >= 15 is 0 Å². The molecule has 3 rings (SSSR count). The van der Waals surface area contributed by atoms with E-state index < -0.39 is 0 Å². The number of hydrogen-bond donors (Lipinski definition) is 2. The van der Waals surface area contributed by atoms with Crippen LogP contribution in [0.3, 0.4) is 0 Å². The number of hydrazone groups is 1. The van der Waals surface area contributed by atoms with E-state index in [9.17, 15) is 4.79 Å². The zero-order valence-electron chi connectivity index (χ0n) is 14.7. The van der Waals surface area contributed by atoms with Crippen molar-refractivity contribution in [3.05, 3.63) is 54.1 Å². The highest BCUT2D eigenvalue weighted by Crippen LogP contribution is 2.24. The second-order valence-corrected chi connectivity index (χ2v) is 6.78. The first kappa shape index (κ1) is 17.9. The van der Waals surface area contributed by atoms with E-state index in [1.54, 1.807) is 7.11 Å². The van der Waals surface area contributed by atoms with Crippen LogP contribution in [-0.2, 0) is 11.2 Å². The smallest absolute Gasteiger partial charge is 0.259 e. The Hall–Kier alpha value is -2.93. The van der Waals surface area contributed by atoms with Crippen LogP contribution >= 0.6 is 11.3 Å². The molecule has 0 saturated carbocycles. The lowest BCUT2D eigenvalue weighted by molar-refractivity contribution is -0.119. The number of para-hydroxylation sites is 1. The molecule has 2 N–H and O–H groups in total. The summed E-state index contributed by atoms with van der Waals surface area (Å²) in [4.78, 5) is 16.4. The minimum atomic E-state index is -0.210. The highest BCUT2D eigenvalue weighted by atomic mass is 32.1. The van der Waals surface area contributed by atoms with Gasteiger partial charge in [-0.25, -0.2) is 10.4 Å². The SMILES string of the molecule is COc1ccc(C/C(C)=N\NC(=O)CNc2nc3ccccc3s2)cc1. The van der Waals surface area contributed by atoms with Crippen LogP contribution < -0.4 is 15.5 Å². The van der Waals surface area contributed by atoms with Gasteiger partial charge < -0.3 is 10.1 Å². The number of fused-ring (bicyclic) bond motifs is 1. The van der Waals surface area contributed by atoms with Gasteiger partial charge in [-0.2, -0.15) is 5.10 Å². The van der Waals surface area contributed by atoms with Crippen molar-refractivity contribution in [2.75, 3.05) is 19.0 Å². The van der Waals surface area contributed by atoms with E-state index in [1.165, 1.54) is 11.3 Å². The van der Waals surface area contributed by atoms with Crippen LogP contribution in [0.25, 0.3) is 10.2 Å². The average Bonchev–Trinajstić information content (AvgIpc) is 3.08. The Morgan fingerprint density at radius 3 is 2.69 bits per heavy atom. The number of nitrogens with one attached hydrogen (secondary N) is 2. The molecule has 0 atom stereocenters. The number of nitrogens with zero attached hydrogens (tertiary/aromatic N) is 2. The van der Waals surface area contributed by atoms with Crippen LogP contribution in [0.4, 0.5) is 5.13 Å². The molecule has 0 saturated heterocycles. The lowest BCUT2D eigenvalue weighted by Crippen LogP contribution is -2.26. The molecule has 134 valence electrons. The summed E-state index contributed by atoms with van der Waals surface area (Å²) < 4.78 is 6.22. The predicted molar refractivity (Wildman–Crippen MR) is 106 cm³/mol. The molecular formula is C19H20N4O2S. The normalized spacial score (nSPS) is 11.4. The fraction of sp³-hybridized carbons (Fsp3) is 0.211. The van der Waals surface area contributed by atoms with Gasteiger partial charge in [0.1, 0.15) is 5.75 Å². The van der Waals surface area contributed by atoms with Gasteiger partial charge in [-0.3, -0.25) is 4.79 Å². The molecule has 0 fully saturated rings. The number of hydrogen-bond acceptors (Lipinski definition) is 6. The van der Waals surface area contributed by atoms with Gasteiger partial charge in [0.25, 0.3) is 5.91 Å². The number of carbonyl (C=O) groups excluding carboxylic acids is 1. The second kappa shape index (κ2) is 8.44. The van der Waals surface area contributed by atoms with Gasteiger partial charge in [-0.1, -0.05) is 35.6 Å². The molecule has 1 aromatic heterocycles. The van der Waals surface area contributed by atoms with Crippen LogP contribution in [0.15, 0.2) is 53.6 Å². The lowest BCUT2D eigenvalue weighted by Gasteiger charge is -2.05. The fourth-order valence-electron chi connectivity index (χ4n) is 2.38. The number of thiazole rings is 1. The summed E-state index contributed by atoms with van der Waals surface area (Å²) in [5.74, 6) is 0.607. The number of anilines is 1. The molecule has 0 aliphatic heterocycles. The monoisotopic (exact) mass is 368 g/mol. The van der Waals surface area contributed by atoms with Crippen molar-refractivity contribution < 1.29 is 9.53 Å². The van der Waals surface area contributed by atoms with Gasteiger partial charge in [0.2, 0.25) is 0 Å². The van der Waals surface area contributed by atoms with Crippen molar-refractivity contribution in [2.24, 2.45) is 5.10 Å². The largest absolute Gasteiger partial charge is 0.497 e. The first-order chi connectivity index (χ1) is 12.6. The fourth-order valence-corrected chi connectivity index (χ4v) is 3.24. The number of methoxy groups -OCH3 is 1. The highest BCUT2D eigenvalue weighted by Gasteiger charge is 2.05. The second-order valence-electron chi connectivity index (χ2n) is 5.75. The van der Waals surface area contributed by atoms with Crippen molar-refractivity contribution >= 4 is 38.3 Å². The molecule has 2 aromatic carbocycles. The molecule has 26 heavy (non-hydrogen) atoms. The van der Waals surface area contributed by atoms with E-state index in [-0.39, 0.29) is 12.5 Å². The van der Waals surface area contributed by atoms with E-state index in [0.29, 0.717) is 6.42 Å². The molecule has 3 aromatic rings. The van der Waals surface area contributed by atoms with Crippen molar-refractivity contribution in [1.29, 1.82) is 0 Å². The number of ether oxygens (including phenoxy) is 1. The topological polar surface area (TPSA) is 75.6 Å². The van der Waals surface area contributed by atoms with Crippen LogP contribution in [-0.4, -0.2) is 30.3 Å². The number of carbonyl (C=O) groups is 1. The Balaban J connectivity index is 1.48. The third kappa shape index (κ3) is 4.80. The molecule has 0 unspecified atom stereocenters. The molecule has 7 heteroatoms. The quantitative estimate of drug-likeness (QED) is 0.495. The molecule has 0 bridgehead atoms. The summed E-state index contributed by atoms with van der Waals surface area (Å²) in [5.41, 5.74) is 5.42. The average molecular weight is 368 g/mol. The number of aromatic nitrogens is 1. The van der Waals surface area contributed by atoms with Crippen LogP contribution in [0.1, 0.15) is 12.5 Å². The standard InChI is InChI=1S/C19H20N4O2S/c1-13(11-14-7-9-15(25-2)10-8-14)22-23-18(24)12-20-19-21-16-5-3-4-6-17(16)26-19/h3-10H,11-12H2,1-2H3,(H,20,21)(H,23,24)/b22-13-. The first-order valence-electron chi connectivity index (χ1n) is 8.18. The minimum Gasteiger partial charge on any atom is -0.497 e. The van der Waals surface area contributed by atoms with E-state index in [4.69, 9.17) is 4.74 Å². The van der Waals surface area contributed by atoms with Crippen molar-refractivity contribution in [1.82, 2.24) is 10.4 Å².